The number of rotatable bonds is 1. The third-order valence-corrected chi connectivity index (χ3v) is 4.03. The van der Waals surface area contributed by atoms with Crippen molar-refractivity contribution in [3.63, 3.8) is 0 Å². The van der Waals surface area contributed by atoms with Gasteiger partial charge in [0.25, 0.3) is 0 Å². The Labute approximate surface area is 120 Å². The number of aliphatic hydroxyl groups is 1. The molecule has 2 aromatic rings. The van der Waals surface area contributed by atoms with Crippen molar-refractivity contribution in [2.75, 3.05) is 0 Å². The summed E-state index contributed by atoms with van der Waals surface area (Å²) in [5.74, 6) is -0.355. The van der Waals surface area contributed by atoms with Crippen LogP contribution in [-0.2, 0) is 12.0 Å². The molecule has 0 bridgehead atoms. The minimum absolute atomic E-state index is 0.193. The van der Waals surface area contributed by atoms with E-state index in [2.05, 4.69) is 4.98 Å². The van der Waals surface area contributed by atoms with Crippen molar-refractivity contribution >= 4 is 0 Å². The highest BCUT2D eigenvalue weighted by atomic mass is 19.4. The van der Waals surface area contributed by atoms with Crippen LogP contribution in [0, 0.1) is 0 Å². The number of hydrogen-bond donors (Lipinski definition) is 1. The minimum atomic E-state index is -4.77. The Balaban J connectivity index is 2.21. The summed E-state index contributed by atoms with van der Waals surface area (Å²) in [6.45, 7) is 2.58. The molecule has 1 aliphatic rings. The third kappa shape index (κ3) is 1.97. The van der Waals surface area contributed by atoms with Crippen LogP contribution in [0.5, 0.6) is 0 Å². The Hall–Kier alpha value is -1.82. The number of hydrogen-bond acceptors (Lipinski definition) is 2. The largest absolute Gasteiger partial charge is 0.424 e. The van der Waals surface area contributed by atoms with Crippen LogP contribution in [0.2, 0.25) is 0 Å². The van der Waals surface area contributed by atoms with Crippen LogP contribution in [0.15, 0.2) is 30.5 Å². The molecular formula is C15H15F3N2O. The molecule has 112 valence electrons. The molecule has 0 aliphatic carbocycles. The SMILES string of the molecule is C[C@H]1Cc2ccccc2-c2cnc(C(C)(O)C(F)(F)F)n21. The van der Waals surface area contributed by atoms with E-state index in [0.717, 1.165) is 18.1 Å². The number of fused-ring (bicyclic) bond motifs is 3. The zero-order chi connectivity index (χ0) is 15.4. The van der Waals surface area contributed by atoms with Crippen LogP contribution >= 0.6 is 0 Å². The summed E-state index contributed by atoms with van der Waals surface area (Å²) >= 11 is 0. The summed E-state index contributed by atoms with van der Waals surface area (Å²) in [5.41, 5.74) is -0.405. The lowest BCUT2D eigenvalue weighted by Gasteiger charge is -2.32. The second-order valence-electron chi connectivity index (χ2n) is 5.62. The van der Waals surface area contributed by atoms with Crippen molar-refractivity contribution in [2.24, 2.45) is 0 Å². The highest BCUT2D eigenvalue weighted by Gasteiger charge is 2.54. The monoisotopic (exact) mass is 296 g/mol. The lowest BCUT2D eigenvalue weighted by atomic mass is 9.94. The van der Waals surface area contributed by atoms with Gasteiger partial charge in [-0.05, 0) is 25.8 Å². The van der Waals surface area contributed by atoms with E-state index in [4.69, 9.17) is 0 Å². The molecule has 0 amide bonds. The van der Waals surface area contributed by atoms with E-state index in [-0.39, 0.29) is 11.9 Å². The molecule has 0 spiro atoms. The number of imidazole rings is 1. The molecule has 0 radical (unpaired) electrons. The molecule has 1 aliphatic heterocycles. The van der Waals surface area contributed by atoms with E-state index in [1.54, 1.807) is 0 Å². The Morgan fingerprint density at radius 3 is 2.62 bits per heavy atom. The smallest absolute Gasteiger partial charge is 0.374 e. The minimum Gasteiger partial charge on any atom is -0.374 e. The Morgan fingerprint density at radius 1 is 1.29 bits per heavy atom. The van der Waals surface area contributed by atoms with Crippen LogP contribution in [0.4, 0.5) is 13.2 Å². The van der Waals surface area contributed by atoms with Gasteiger partial charge >= 0.3 is 6.18 Å². The predicted molar refractivity (Wildman–Crippen MR) is 71.7 cm³/mol. The molecule has 0 saturated carbocycles. The number of nitrogens with zero attached hydrogens (tertiary/aromatic N) is 2. The molecule has 1 N–H and O–H groups in total. The van der Waals surface area contributed by atoms with Gasteiger partial charge < -0.3 is 9.67 Å². The highest BCUT2D eigenvalue weighted by Crippen LogP contribution is 2.43. The number of benzene rings is 1. The average Bonchev–Trinajstić information content (AvgIpc) is 2.83. The number of aromatic nitrogens is 2. The van der Waals surface area contributed by atoms with Gasteiger partial charge in [-0.1, -0.05) is 24.3 Å². The predicted octanol–water partition coefficient (Wildman–Crippen LogP) is 3.44. The zero-order valence-electron chi connectivity index (χ0n) is 11.6. The van der Waals surface area contributed by atoms with Gasteiger partial charge in [0.1, 0.15) is 0 Å². The quantitative estimate of drug-likeness (QED) is 0.875. The first-order chi connectivity index (χ1) is 9.73. The lowest BCUT2D eigenvalue weighted by Crippen LogP contribution is -2.42. The molecule has 6 heteroatoms. The lowest BCUT2D eigenvalue weighted by molar-refractivity contribution is -0.262. The molecule has 3 rings (SSSR count). The molecule has 0 saturated heterocycles. The fourth-order valence-corrected chi connectivity index (χ4v) is 2.85. The van der Waals surface area contributed by atoms with Crippen LogP contribution in [-0.4, -0.2) is 20.8 Å². The normalized spacial score (nSPS) is 20.6. The average molecular weight is 296 g/mol. The fourth-order valence-electron chi connectivity index (χ4n) is 2.85. The maximum absolute atomic E-state index is 13.1. The van der Waals surface area contributed by atoms with E-state index in [1.807, 2.05) is 31.2 Å². The molecule has 0 fully saturated rings. The third-order valence-electron chi connectivity index (χ3n) is 4.03. The maximum atomic E-state index is 13.1. The van der Waals surface area contributed by atoms with Gasteiger partial charge in [-0.25, -0.2) is 4.98 Å². The molecule has 3 nitrogen and oxygen atoms in total. The topological polar surface area (TPSA) is 38.1 Å². The van der Waals surface area contributed by atoms with E-state index in [0.29, 0.717) is 12.1 Å². The van der Waals surface area contributed by atoms with Crippen molar-refractivity contribution < 1.29 is 18.3 Å². The summed E-state index contributed by atoms with van der Waals surface area (Å²) in [5, 5.41) is 9.92. The van der Waals surface area contributed by atoms with Gasteiger partial charge in [0.05, 0.1) is 11.9 Å². The molecule has 21 heavy (non-hydrogen) atoms. The van der Waals surface area contributed by atoms with Crippen LogP contribution in [0.3, 0.4) is 0 Å². The van der Waals surface area contributed by atoms with Crippen molar-refractivity contribution in [3.8, 4) is 11.3 Å². The summed E-state index contributed by atoms with van der Waals surface area (Å²) in [4.78, 5) is 3.88. The van der Waals surface area contributed by atoms with E-state index >= 15 is 0 Å². The number of alkyl halides is 3. The van der Waals surface area contributed by atoms with E-state index < -0.39 is 11.8 Å². The summed E-state index contributed by atoms with van der Waals surface area (Å²) in [7, 11) is 0. The maximum Gasteiger partial charge on any atom is 0.424 e. The van der Waals surface area contributed by atoms with E-state index in [9.17, 15) is 18.3 Å². The Kier molecular flexibility index (Phi) is 2.92. The second-order valence-corrected chi connectivity index (χ2v) is 5.62. The van der Waals surface area contributed by atoms with Crippen LogP contribution < -0.4 is 0 Å². The van der Waals surface area contributed by atoms with Crippen molar-refractivity contribution in [1.29, 1.82) is 0 Å². The zero-order valence-corrected chi connectivity index (χ0v) is 11.6. The van der Waals surface area contributed by atoms with Gasteiger partial charge in [-0.2, -0.15) is 13.2 Å². The standard InChI is InChI=1S/C15H15F3N2O/c1-9-7-10-5-3-4-6-11(10)12-8-19-13(20(9)12)14(2,21)15(16,17)18/h3-6,8-9,21H,7H2,1-2H3/t9-,14?/m0/s1. The first-order valence-corrected chi connectivity index (χ1v) is 6.68. The summed E-state index contributed by atoms with van der Waals surface area (Å²) in [6, 6.07) is 7.38. The van der Waals surface area contributed by atoms with Crippen LogP contribution in [0.1, 0.15) is 31.3 Å². The highest BCUT2D eigenvalue weighted by molar-refractivity contribution is 5.66. The molecule has 1 aromatic carbocycles. The second kappa shape index (κ2) is 4.34. The number of halogens is 3. The van der Waals surface area contributed by atoms with Gasteiger partial charge in [0.15, 0.2) is 5.82 Å². The first kappa shape index (κ1) is 14.1. The van der Waals surface area contributed by atoms with Gasteiger partial charge in [0.2, 0.25) is 5.60 Å². The first-order valence-electron chi connectivity index (χ1n) is 6.68. The molecule has 2 heterocycles. The molecule has 1 aromatic heterocycles. The molecule has 1 unspecified atom stereocenters. The summed E-state index contributed by atoms with van der Waals surface area (Å²) < 4.78 is 40.8. The van der Waals surface area contributed by atoms with Crippen LogP contribution in [0.25, 0.3) is 11.3 Å². The Bertz CT molecular complexity index is 688. The van der Waals surface area contributed by atoms with Crippen molar-refractivity contribution in [1.82, 2.24) is 9.55 Å². The van der Waals surface area contributed by atoms with E-state index in [1.165, 1.54) is 10.8 Å². The van der Waals surface area contributed by atoms with Gasteiger partial charge in [-0.3, -0.25) is 0 Å². The van der Waals surface area contributed by atoms with Crippen molar-refractivity contribution in [3.05, 3.63) is 41.9 Å². The van der Waals surface area contributed by atoms with Gasteiger partial charge in [-0.15, -0.1) is 0 Å². The van der Waals surface area contributed by atoms with Gasteiger partial charge in [0, 0.05) is 11.6 Å². The van der Waals surface area contributed by atoms with Crippen molar-refractivity contribution in [2.45, 2.75) is 38.1 Å². The summed E-state index contributed by atoms with van der Waals surface area (Å²) in [6.07, 6.45) is -2.75. The molecular weight excluding hydrogens is 281 g/mol. The molecule has 2 atom stereocenters. The fraction of sp³-hybridized carbons (Fsp3) is 0.400. The Morgan fingerprint density at radius 2 is 1.95 bits per heavy atom.